The maximum atomic E-state index is 6.29. The summed E-state index contributed by atoms with van der Waals surface area (Å²) < 4.78 is 0. The molecule has 0 heterocycles. The highest BCUT2D eigenvalue weighted by atomic mass is 35.5. The van der Waals surface area contributed by atoms with E-state index in [-0.39, 0.29) is 6.04 Å². The lowest BCUT2D eigenvalue weighted by Crippen LogP contribution is -2.25. The van der Waals surface area contributed by atoms with Crippen molar-refractivity contribution in [3.05, 3.63) is 28.8 Å². The molecule has 1 atom stereocenters. The number of hydrogen-bond donors (Lipinski definition) is 1. The molecule has 2 nitrogen and oxygen atoms in total. The van der Waals surface area contributed by atoms with Gasteiger partial charge in [0.15, 0.2) is 0 Å². The number of rotatable bonds is 6. The van der Waals surface area contributed by atoms with Crippen LogP contribution in [-0.2, 0) is 6.42 Å². The van der Waals surface area contributed by atoms with Gasteiger partial charge in [-0.15, -0.1) is 0 Å². The average Bonchev–Trinajstić information content (AvgIpc) is 2.31. The molecule has 0 aromatic heterocycles. The summed E-state index contributed by atoms with van der Waals surface area (Å²) in [5.41, 5.74) is 8.43. The van der Waals surface area contributed by atoms with E-state index >= 15 is 0 Å². The maximum absolute atomic E-state index is 6.29. The molecule has 1 rings (SSSR count). The van der Waals surface area contributed by atoms with Gasteiger partial charge in [0.1, 0.15) is 0 Å². The third kappa shape index (κ3) is 3.90. The topological polar surface area (TPSA) is 29.3 Å². The number of nitrogens with zero attached hydrogens (tertiary/aromatic N) is 1. The zero-order valence-electron chi connectivity index (χ0n) is 11.0. The van der Waals surface area contributed by atoms with E-state index in [2.05, 4.69) is 31.9 Å². The monoisotopic (exact) mass is 254 g/mol. The number of benzene rings is 1. The molecule has 0 saturated heterocycles. The predicted octanol–water partition coefficient (Wildman–Crippen LogP) is 3.47. The van der Waals surface area contributed by atoms with Crippen molar-refractivity contribution in [2.75, 3.05) is 18.5 Å². The van der Waals surface area contributed by atoms with E-state index in [1.165, 1.54) is 11.3 Å². The maximum Gasteiger partial charge on any atom is 0.0459 e. The van der Waals surface area contributed by atoms with Gasteiger partial charge in [-0.1, -0.05) is 31.5 Å². The fourth-order valence-corrected chi connectivity index (χ4v) is 2.22. The molecule has 1 aromatic carbocycles. The summed E-state index contributed by atoms with van der Waals surface area (Å²) in [6, 6.07) is 6.26. The molecule has 0 aliphatic rings. The van der Waals surface area contributed by atoms with Gasteiger partial charge in [0, 0.05) is 30.3 Å². The van der Waals surface area contributed by atoms with Crippen LogP contribution >= 0.6 is 11.6 Å². The Morgan fingerprint density at radius 3 is 2.65 bits per heavy atom. The molecule has 1 unspecified atom stereocenters. The molecule has 0 amide bonds. The van der Waals surface area contributed by atoms with Crippen LogP contribution in [0.4, 0.5) is 5.69 Å². The van der Waals surface area contributed by atoms with Gasteiger partial charge in [-0.2, -0.15) is 0 Å². The van der Waals surface area contributed by atoms with Gasteiger partial charge in [0.25, 0.3) is 0 Å². The summed E-state index contributed by atoms with van der Waals surface area (Å²) in [5.74, 6) is 0. The van der Waals surface area contributed by atoms with Crippen LogP contribution < -0.4 is 10.6 Å². The number of hydrogen-bond acceptors (Lipinski definition) is 2. The summed E-state index contributed by atoms with van der Waals surface area (Å²) in [5, 5.41) is 0.828. The second kappa shape index (κ2) is 6.87. The first kappa shape index (κ1) is 14.3. The number of anilines is 1. The smallest absolute Gasteiger partial charge is 0.0459 e. The van der Waals surface area contributed by atoms with Crippen LogP contribution in [0.5, 0.6) is 0 Å². The highest BCUT2D eigenvalue weighted by Gasteiger charge is 2.13. The fraction of sp³-hybridized carbons (Fsp3) is 0.571. The Balaban J connectivity index is 2.99. The van der Waals surface area contributed by atoms with Gasteiger partial charge < -0.3 is 10.6 Å². The number of nitrogens with two attached hydrogens (primary N) is 1. The van der Waals surface area contributed by atoms with Crippen molar-refractivity contribution in [3.8, 4) is 0 Å². The molecule has 0 aliphatic heterocycles. The van der Waals surface area contributed by atoms with Crippen LogP contribution in [0.1, 0.15) is 32.3 Å². The van der Waals surface area contributed by atoms with Crippen molar-refractivity contribution < 1.29 is 0 Å². The van der Waals surface area contributed by atoms with E-state index in [1.54, 1.807) is 0 Å². The molecular formula is C14H23ClN2. The Morgan fingerprint density at radius 2 is 2.06 bits per heavy atom. The van der Waals surface area contributed by atoms with E-state index in [0.29, 0.717) is 0 Å². The molecule has 96 valence electrons. The van der Waals surface area contributed by atoms with Crippen LogP contribution in [0.15, 0.2) is 18.2 Å². The van der Waals surface area contributed by atoms with Crippen molar-refractivity contribution in [2.24, 2.45) is 5.73 Å². The summed E-state index contributed by atoms with van der Waals surface area (Å²) in [7, 11) is 2.11. The average molecular weight is 255 g/mol. The molecule has 0 saturated carbocycles. The van der Waals surface area contributed by atoms with Gasteiger partial charge in [0.05, 0.1) is 0 Å². The molecule has 17 heavy (non-hydrogen) atoms. The number of halogens is 1. The normalized spacial score (nSPS) is 12.5. The highest BCUT2D eigenvalue weighted by Crippen LogP contribution is 2.28. The Labute approximate surface area is 110 Å². The fourth-order valence-electron chi connectivity index (χ4n) is 1.97. The third-order valence-electron chi connectivity index (χ3n) is 3.06. The largest absolute Gasteiger partial charge is 0.374 e. The second-order valence-electron chi connectivity index (χ2n) is 4.53. The van der Waals surface area contributed by atoms with E-state index in [0.717, 1.165) is 30.8 Å². The van der Waals surface area contributed by atoms with Gasteiger partial charge >= 0.3 is 0 Å². The van der Waals surface area contributed by atoms with Crippen molar-refractivity contribution in [1.82, 2.24) is 0 Å². The van der Waals surface area contributed by atoms with Crippen LogP contribution in [0, 0.1) is 0 Å². The van der Waals surface area contributed by atoms with Crippen LogP contribution in [-0.4, -0.2) is 19.6 Å². The molecule has 1 aromatic rings. The van der Waals surface area contributed by atoms with Crippen LogP contribution in [0.25, 0.3) is 0 Å². The third-order valence-corrected chi connectivity index (χ3v) is 3.41. The van der Waals surface area contributed by atoms with Crippen molar-refractivity contribution in [1.29, 1.82) is 0 Å². The zero-order chi connectivity index (χ0) is 12.8. The van der Waals surface area contributed by atoms with Crippen LogP contribution in [0.2, 0.25) is 5.02 Å². The lowest BCUT2D eigenvalue weighted by atomic mass is 10.0. The minimum absolute atomic E-state index is 0.184. The van der Waals surface area contributed by atoms with Crippen LogP contribution in [0.3, 0.4) is 0 Å². The Morgan fingerprint density at radius 1 is 1.35 bits per heavy atom. The SMILES string of the molecule is CCCN(C)c1cccc(Cl)c1CC(N)CC. The van der Waals surface area contributed by atoms with Gasteiger partial charge in [-0.3, -0.25) is 0 Å². The summed E-state index contributed by atoms with van der Waals surface area (Å²) in [6.45, 7) is 5.32. The van der Waals surface area contributed by atoms with E-state index in [4.69, 9.17) is 17.3 Å². The van der Waals surface area contributed by atoms with Crippen molar-refractivity contribution in [3.63, 3.8) is 0 Å². The highest BCUT2D eigenvalue weighted by molar-refractivity contribution is 6.31. The Hall–Kier alpha value is -0.730. The summed E-state index contributed by atoms with van der Waals surface area (Å²) in [6.07, 6.45) is 2.95. The van der Waals surface area contributed by atoms with Gasteiger partial charge in [-0.05, 0) is 37.0 Å². The molecule has 0 radical (unpaired) electrons. The molecular weight excluding hydrogens is 232 g/mol. The molecule has 0 bridgehead atoms. The first-order valence-corrected chi connectivity index (χ1v) is 6.72. The van der Waals surface area contributed by atoms with E-state index < -0.39 is 0 Å². The predicted molar refractivity (Wildman–Crippen MR) is 77.0 cm³/mol. The lowest BCUT2D eigenvalue weighted by Gasteiger charge is -2.24. The minimum Gasteiger partial charge on any atom is -0.374 e. The molecule has 3 heteroatoms. The standard InChI is InChI=1S/C14H23ClN2/c1-4-9-17(3)14-8-6-7-13(15)12(14)10-11(16)5-2/h6-8,11H,4-5,9-10,16H2,1-3H3. The van der Waals surface area contributed by atoms with Crippen molar-refractivity contribution >= 4 is 17.3 Å². The van der Waals surface area contributed by atoms with Gasteiger partial charge in [-0.25, -0.2) is 0 Å². The van der Waals surface area contributed by atoms with E-state index in [9.17, 15) is 0 Å². The van der Waals surface area contributed by atoms with Crippen molar-refractivity contribution in [2.45, 2.75) is 39.2 Å². The first-order chi connectivity index (χ1) is 8.10. The summed E-state index contributed by atoms with van der Waals surface area (Å²) >= 11 is 6.29. The first-order valence-electron chi connectivity index (χ1n) is 6.34. The lowest BCUT2D eigenvalue weighted by molar-refractivity contribution is 0.645. The molecule has 0 aliphatic carbocycles. The van der Waals surface area contributed by atoms with E-state index in [1.807, 2.05) is 12.1 Å². The molecule has 0 spiro atoms. The minimum atomic E-state index is 0.184. The zero-order valence-corrected chi connectivity index (χ0v) is 11.8. The Kier molecular flexibility index (Phi) is 5.79. The molecule has 0 fully saturated rings. The Bertz CT molecular complexity index is 352. The molecule has 2 N–H and O–H groups in total. The van der Waals surface area contributed by atoms with Gasteiger partial charge in [0.2, 0.25) is 0 Å². The second-order valence-corrected chi connectivity index (χ2v) is 4.94. The summed E-state index contributed by atoms with van der Waals surface area (Å²) in [4.78, 5) is 2.25. The quantitative estimate of drug-likeness (QED) is 0.842.